The van der Waals surface area contributed by atoms with Crippen molar-refractivity contribution >= 4 is 11.9 Å². The Bertz CT molecular complexity index is 711. The lowest BCUT2D eigenvalue weighted by atomic mass is 9.82. The summed E-state index contributed by atoms with van der Waals surface area (Å²) in [4.78, 5) is 27.7. The molecule has 0 saturated heterocycles. The van der Waals surface area contributed by atoms with E-state index < -0.39 is 5.92 Å². The number of ether oxygens (including phenoxy) is 2. The molecule has 1 fully saturated rings. The topological polar surface area (TPSA) is 55.8 Å². The summed E-state index contributed by atoms with van der Waals surface area (Å²) < 4.78 is 10.7. The van der Waals surface area contributed by atoms with Gasteiger partial charge in [-0.15, -0.1) is 0 Å². The van der Waals surface area contributed by atoms with E-state index in [9.17, 15) is 9.59 Å². The van der Waals surface area contributed by atoms with Crippen molar-refractivity contribution in [1.29, 1.82) is 0 Å². The number of hydrogen-bond acceptors (Lipinski definition) is 5. The summed E-state index contributed by atoms with van der Waals surface area (Å²) in [6.07, 6.45) is 9.43. The van der Waals surface area contributed by atoms with E-state index in [-0.39, 0.29) is 11.9 Å². The average Bonchev–Trinajstić information content (AvgIpc) is 2.74. The molecule has 5 nitrogen and oxygen atoms in total. The third-order valence-electron chi connectivity index (χ3n) is 5.35. The van der Waals surface area contributed by atoms with Gasteiger partial charge in [0, 0.05) is 18.4 Å². The van der Waals surface area contributed by atoms with Crippen molar-refractivity contribution in [2.75, 3.05) is 13.2 Å². The summed E-state index contributed by atoms with van der Waals surface area (Å²) in [6.45, 7) is 4.17. The van der Waals surface area contributed by atoms with Gasteiger partial charge >= 0.3 is 11.9 Å². The molecule has 3 rings (SSSR count). The van der Waals surface area contributed by atoms with Crippen LogP contribution in [0.2, 0.25) is 0 Å². The predicted molar refractivity (Wildman–Crippen MR) is 107 cm³/mol. The van der Waals surface area contributed by atoms with Crippen LogP contribution in [0.5, 0.6) is 0 Å². The molecule has 1 heterocycles. The lowest BCUT2D eigenvalue weighted by Crippen LogP contribution is -2.35. The summed E-state index contributed by atoms with van der Waals surface area (Å²) in [5, 5.41) is 0. The Morgan fingerprint density at radius 2 is 1.43 bits per heavy atom. The van der Waals surface area contributed by atoms with Gasteiger partial charge < -0.3 is 14.4 Å². The molecule has 0 atom stereocenters. The molecule has 1 aromatic carbocycles. The molecule has 0 spiro atoms. The van der Waals surface area contributed by atoms with Crippen LogP contribution >= 0.6 is 0 Å². The maximum absolute atomic E-state index is 12.8. The fourth-order valence-corrected chi connectivity index (χ4v) is 4.04. The number of nitrogens with zero attached hydrogens (tertiary/aromatic N) is 1. The molecule has 0 aromatic heterocycles. The molecule has 0 bridgehead atoms. The second-order valence-corrected chi connectivity index (χ2v) is 7.19. The Morgan fingerprint density at radius 3 is 1.93 bits per heavy atom. The van der Waals surface area contributed by atoms with Gasteiger partial charge in [0.25, 0.3) is 0 Å². The van der Waals surface area contributed by atoms with Crippen LogP contribution in [0.4, 0.5) is 0 Å². The van der Waals surface area contributed by atoms with Crippen molar-refractivity contribution in [1.82, 2.24) is 4.90 Å². The molecular weight excluding hydrogens is 354 g/mol. The zero-order valence-corrected chi connectivity index (χ0v) is 16.7. The Hall–Kier alpha value is -2.56. The number of carbonyl (C=O) groups excluding carboxylic acids is 2. The molecule has 0 radical (unpaired) electrons. The van der Waals surface area contributed by atoms with E-state index in [2.05, 4.69) is 0 Å². The Labute approximate surface area is 167 Å². The quantitative estimate of drug-likeness (QED) is 0.685. The second-order valence-electron chi connectivity index (χ2n) is 7.19. The standard InChI is InChI=1S/C23H29NO4/c1-3-27-22(25)19-15-24(18-13-9-6-10-14-18)16-20(23(26)28-4-2)21(19)17-11-7-5-8-12-17/h5,7-8,11-12,15-16,18,21H,3-4,6,9-10,13-14H2,1-2H3. The first kappa shape index (κ1) is 20.2. The van der Waals surface area contributed by atoms with Crippen LogP contribution in [0.1, 0.15) is 57.4 Å². The van der Waals surface area contributed by atoms with E-state index in [1.165, 1.54) is 6.42 Å². The highest BCUT2D eigenvalue weighted by molar-refractivity contribution is 5.98. The van der Waals surface area contributed by atoms with Crippen LogP contribution in [-0.2, 0) is 19.1 Å². The zero-order chi connectivity index (χ0) is 19.9. The van der Waals surface area contributed by atoms with Crippen LogP contribution in [-0.4, -0.2) is 36.1 Å². The number of hydrogen-bond donors (Lipinski definition) is 0. The Balaban J connectivity index is 2.05. The lowest BCUT2D eigenvalue weighted by Gasteiger charge is -2.36. The highest BCUT2D eigenvalue weighted by atomic mass is 16.5. The maximum Gasteiger partial charge on any atom is 0.336 e. The molecule has 1 aromatic rings. The molecule has 1 aliphatic carbocycles. The van der Waals surface area contributed by atoms with E-state index in [1.807, 2.05) is 47.6 Å². The minimum absolute atomic E-state index is 0.291. The highest BCUT2D eigenvalue weighted by Gasteiger charge is 2.36. The van der Waals surface area contributed by atoms with E-state index in [4.69, 9.17) is 9.47 Å². The van der Waals surface area contributed by atoms with Gasteiger partial charge in [0.05, 0.1) is 30.3 Å². The van der Waals surface area contributed by atoms with Gasteiger partial charge in [-0.05, 0) is 32.3 Å². The summed E-state index contributed by atoms with van der Waals surface area (Å²) in [5.74, 6) is -1.25. The molecule has 1 aliphatic heterocycles. The van der Waals surface area contributed by atoms with Gasteiger partial charge in [0.1, 0.15) is 0 Å². The van der Waals surface area contributed by atoms with Gasteiger partial charge in [-0.1, -0.05) is 49.6 Å². The van der Waals surface area contributed by atoms with E-state index >= 15 is 0 Å². The average molecular weight is 383 g/mol. The van der Waals surface area contributed by atoms with E-state index in [0.717, 1.165) is 31.2 Å². The third kappa shape index (κ3) is 4.46. The minimum atomic E-state index is -0.487. The maximum atomic E-state index is 12.8. The summed E-state index contributed by atoms with van der Waals surface area (Å²) >= 11 is 0. The van der Waals surface area contributed by atoms with Crippen molar-refractivity contribution in [2.24, 2.45) is 0 Å². The molecule has 5 heteroatoms. The fraction of sp³-hybridized carbons (Fsp3) is 0.478. The minimum Gasteiger partial charge on any atom is -0.463 e. The third-order valence-corrected chi connectivity index (χ3v) is 5.35. The van der Waals surface area contributed by atoms with E-state index in [1.54, 1.807) is 13.8 Å². The first-order valence-electron chi connectivity index (χ1n) is 10.3. The van der Waals surface area contributed by atoms with Crippen LogP contribution in [0.15, 0.2) is 53.9 Å². The molecule has 2 aliphatic rings. The van der Waals surface area contributed by atoms with Gasteiger partial charge in [-0.25, -0.2) is 9.59 Å². The van der Waals surface area contributed by atoms with Gasteiger partial charge in [0.15, 0.2) is 0 Å². The number of rotatable bonds is 6. The molecule has 0 amide bonds. The smallest absolute Gasteiger partial charge is 0.336 e. The fourth-order valence-electron chi connectivity index (χ4n) is 4.04. The van der Waals surface area contributed by atoms with Gasteiger partial charge in [-0.3, -0.25) is 0 Å². The molecule has 1 saturated carbocycles. The van der Waals surface area contributed by atoms with Crippen LogP contribution in [0, 0.1) is 0 Å². The normalized spacial score (nSPS) is 18.3. The Kier molecular flexibility index (Phi) is 6.90. The van der Waals surface area contributed by atoms with Crippen molar-refractivity contribution in [2.45, 2.75) is 57.9 Å². The van der Waals surface area contributed by atoms with Crippen molar-refractivity contribution in [3.05, 3.63) is 59.4 Å². The summed E-state index contributed by atoms with van der Waals surface area (Å²) in [7, 11) is 0. The van der Waals surface area contributed by atoms with E-state index in [0.29, 0.717) is 30.4 Å². The molecule has 0 N–H and O–H groups in total. The summed E-state index contributed by atoms with van der Waals surface area (Å²) in [5.41, 5.74) is 1.86. The number of carbonyl (C=O) groups is 2. The van der Waals surface area contributed by atoms with Gasteiger partial charge in [-0.2, -0.15) is 0 Å². The van der Waals surface area contributed by atoms with Crippen molar-refractivity contribution < 1.29 is 19.1 Å². The largest absolute Gasteiger partial charge is 0.463 e. The first-order chi connectivity index (χ1) is 13.7. The molecular formula is C23H29NO4. The number of benzene rings is 1. The SMILES string of the molecule is CCOC(=O)C1=CN(C2CCCCC2)C=C(C(=O)OCC)C1c1ccccc1. The highest BCUT2D eigenvalue weighted by Crippen LogP contribution is 2.39. The van der Waals surface area contributed by atoms with Crippen LogP contribution < -0.4 is 0 Å². The van der Waals surface area contributed by atoms with Crippen molar-refractivity contribution in [3.63, 3.8) is 0 Å². The Morgan fingerprint density at radius 1 is 0.893 bits per heavy atom. The molecule has 28 heavy (non-hydrogen) atoms. The predicted octanol–water partition coefficient (Wildman–Crippen LogP) is 4.31. The molecule has 0 unspecified atom stereocenters. The molecule has 150 valence electrons. The van der Waals surface area contributed by atoms with Crippen molar-refractivity contribution in [3.8, 4) is 0 Å². The monoisotopic (exact) mass is 383 g/mol. The zero-order valence-electron chi connectivity index (χ0n) is 16.7. The van der Waals surface area contributed by atoms with Gasteiger partial charge in [0.2, 0.25) is 0 Å². The first-order valence-corrected chi connectivity index (χ1v) is 10.3. The van der Waals surface area contributed by atoms with Crippen LogP contribution in [0.25, 0.3) is 0 Å². The van der Waals surface area contributed by atoms with Crippen LogP contribution in [0.3, 0.4) is 0 Å². The second kappa shape index (κ2) is 9.58. The number of esters is 2. The summed E-state index contributed by atoms with van der Waals surface area (Å²) in [6, 6.07) is 9.90. The lowest BCUT2D eigenvalue weighted by molar-refractivity contribution is -0.139.